The lowest BCUT2D eigenvalue weighted by Gasteiger charge is -2.26. The topological polar surface area (TPSA) is 53.4 Å². The molecular formula is C20H29N5O. The molecule has 1 unspecified atom stereocenters. The third-order valence-corrected chi connectivity index (χ3v) is 5.16. The molecule has 2 heterocycles. The summed E-state index contributed by atoms with van der Waals surface area (Å²) in [5.41, 5.74) is 2.63. The van der Waals surface area contributed by atoms with Crippen LogP contribution >= 0.6 is 0 Å². The number of carbonyl (C=O) groups excluding carboxylic acids is 1. The Morgan fingerprint density at radius 3 is 2.62 bits per heavy atom. The second-order valence-electron chi connectivity index (χ2n) is 6.95. The van der Waals surface area contributed by atoms with Crippen molar-refractivity contribution in [1.29, 1.82) is 0 Å². The summed E-state index contributed by atoms with van der Waals surface area (Å²) in [7, 11) is 1.83. The van der Waals surface area contributed by atoms with Crippen LogP contribution in [0.25, 0.3) is 0 Å². The zero-order valence-corrected chi connectivity index (χ0v) is 16.0. The maximum absolute atomic E-state index is 12.3. The lowest BCUT2D eigenvalue weighted by molar-refractivity contribution is 0.102. The molecule has 1 atom stereocenters. The van der Waals surface area contributed by atoms with Crippen LogP contribution in [-0.4, -0.2) is 57.7 Å². The normalized spacial score (nSPS) is 17.8. The Kier molecular flexibility index (Phi) is 6.06. The number of hydrogen-bond donors (Lipinski definition) is 1. The third kappa shape index (κ3) is 4.51. The van der Waals surface area contributed by atoms with E-state index in [-0.39, 0.29) is 5.91 Å². The fraction of sp³-hybridized carbons (Fsp3) is 0.500. The first-order valence-electron chi connectivity index (χ1n) is 9.44. The smallest absolute Gasteiger partial charge is 0.255 e. The van der Waals surface area contributed by atoms with Crippen molar-refractivity contribution >= 4 is 11.6 Å². The fourth-order valence-corrected chi connectivity index (χ4v) is 3.70. The number of rotatable bonds is 7. The number of anilines is 1. The van der Waals surface area contributed by atoms with Crippen LogP contribution in [-0.2, 0) is 13.6 Å². The molecule has 0 bridgehead atoms. The van der Waals surface area contributed by atoms with Gasteiger partial charge in [0.15, 0.2) is 0 Å². The fourth-order valence-electron chi connectivity index (χ4n) is 3.70. The SMILES string of the molecule is CCN(CC)C1CCN(Cc2ccc(C(=O)Nc3cnn(C)c3)cc2)C1. The molecule has 0 spiro atoms. The van der Waals surface area contributed by atoms with Crippen LogP contribution in [0.5, 0.6) is 0 Å². The van der Waals surface area contributed by atoms with Crippen LogP contribution in [0, 0.1) is 0 Å². The van der Waals surface area contributed by atoms with E-state index in [0.717, 1.165) is 32.7 Å². The molecule has 2 aromatic rings. The van der Waals surface area contributed by atoms with Crippen molar-refractivity contribution in [3.63, 3.8) is 0 Å². The predicted octanol–water partition coefficient (Wildman–Crippen LogP) is 2.59. The summed E-state index contributed by atoms with van der Waals surface area (Å²) in [5, 5.41) is 6.92. The standard InChI is InChI=1S/C20H29N5O/c1-4-25(5-2)19-10-11-24(15-19)13-16-6-8-17(9-7-16)20(26)22-18-12-21-23(3)14-18/h6-9,12,14,19H,4-5,10-11,13,15H2,1-3H3,(H,22,26). The zero-order valence-electron chi connectivity index (χ0n) is 16.0. The van der Waals surface area contributed by atoms with Gasteiger partial charge in [-0.05, 0) is 37.2 Å². The molecule has 1 amide bonds. The first-order valence-corrected chi connectivity index (χ1v) is 9.44. The van der Waals surface area contributed by atoms with Gasteiger partial charge in [-0.25, -0.2) is 0 Å². The molecule has 1 aromatic heterocycles. The minimum atomic E-state index is -0.104. The molecule has 26 heavy (non-hydrogen) atoms. The minimum absolute atomic E-state index is 0.104. The number of aromatic nitrogens is 2. The Labute approximate surface area is 155 Å². The van der Waals surface area contributed by atoms with Crippen LogP contribution in [0.2, 0.25) is 0 Å². The first-order chi connectivity index (χ1) is 12.6. The van der Waals surface area contributed by atoms with E-state index < -0.39 is 0 Å². The number of likely N-dealkylation sites (tertiary alicyclic amines) is 1. The number of carbonyl (C=O) groups is 1. The van der Waals surface area contributed by atoms with E-state index in [1.165, 1.54) is 12.0 Å². The van der Waals surface area contributed by atoms with Crippen LogP contribution in [0.4, 0.5) is 5.69 Å². The molecule has 1 fully saturated rings. The average Bonchev–Trinajstić information content (AvgIpc) is 3.26. The number of hydrogen-bond acceptors (Lipinski definition) is 4. The van der Waals surface area contributed by atoms with Gasteiger partial charge in [0.2, 0.25) is 0 Å². The lowest BCUT2D eigenvalue weighted by Crippen LogP contribution is -2.37. The molecular weight excluding hydrogens is 326 g/mol. The highest BCUT2D eigenvalue weighted by Crippen LogP contribution is 2.18. The van der Waals surface area contributed by atoms with Crippen LogP contribution in [0.1, 0.15) is 36.2 Å². The number of amides is 1. The number of likely N-dealkylation sites (N-methyl/N-ethyl adjacent to an activating group) is 1. The van der Waals surface area contributed by atoms with Gasteiger partial charge in [-0.2, -0.15) is 5.10 Å². The van der Waals surface area contributed by atoms with Gasteiger partial charge in [-0.3, -0.25) is 19.3 Å². The largest absolute Gasteiger partial charge is 0.319 e. The summed E-state index contributed by atoms with van der Waals surface area (Å²) in [5.74, 6) is -0.104. The van der Waals surface area contributed by atoms with E-state index in [4.69, 9.17) is 0 Å². The van der Waals surface area contributed by atoms with E-state index in [0.29, 0.717) is 17.3 Å². The highest BCUT2D eigenvalue weighted by Gasteiger charge is 2.25. The average molecular weight is 355 g/mol. The Bertz CT molecular complexity index is 720. The lowest BCUT2D eigenvalue weighted by atomic mass is 10.1. The van der Waals surface area contributed by atoms with Crippen molar-refractivity contribution in [3.8, 4) is 0 Å². The van der Waals surface area contributed by atoms with Gasteiger partial charge in [-0.15, -0.1) is 0 Å². The maximum atomic E-state index is 12.3. The number of nitrogens with zero attached hydrogens (tertiary/aromatic N) is 4. The van der Waals surface area contributed by atoms with Gasteiger partial charge >= 0.3 is 0 Å². The van der Waals surface area contributed by atoms with Crippen molar-refractivity contribution < 1.29 is 4.79 Å². The van der Waals surface area contributed by atoms with Gasteiger partial charge in [0, 0.05) is 44.5 Å². The van der Waals surface area contributed by atoms with E-state index in [2.05, 4.69) is 46.2 Å². The summed E-state index contributed by atoms with van der Waals surface area (Å²) < 4.78 is 1.67. The van der Waals surface area contributed by atoms with Crippen LogP contribution < -0.4 is 5.32 Å². The van der Waals surface area contributed by atoms with E-state index in [9.17, 15) is 4.79 Å². The molecule has 3 rings (SSSR count). The maximum Gasteiger partial charge on any atom is 0.255 e. The van der Waals surface area contributed by atoms with E-state index in [1.807, 2.05) is 19.2 Å². The molecule has 0 aliphatic carbocycles. The monoisotopic (exact) mass is 355 g/mol. The number of benzene rings is 1. The Morgan fingerprint density at radius 1 is 1.27 bits per heavy atom. The van der Waals surface area contributed by atoms with Crippen molar-refractivity contribution in [2.24, 2.45) is 7.05 Å². The Balaban J connectivity index is 1.54. The molecule has 6 nitrogen and oxygen atoms in total. The van der Waals surface area contributed by atoms with Crippen molar-refractivity contribution in [3.05, 3.63) is 47.8 Å². The number of aryl methyl sites for hydroxylation is 1. The van der Waals surface area contributed by atoms with Crippen molar-refractivity contribution in [2.75, 3.05) is 31.5 Å². The third-order valence-electron chi connectivity index (χ3n) is 5.16. The predicted molar refractivity (Wildman–Crippen MR) is 104 cm³/mol. The molecule has 1 aliphatic heterocycles. The van der Waals surface area contributed by atoms with Gasteiger partial charge in [-0.1, -0.05) is 26.0 Å². The Hall–Kier alpha value is -2.18. The van der Waals surface area contributed by atoms with E-state index in [1.54, 1.807) is 17.1 Å². The van der Waals surface area contributed by atoms with Gasteiger partial charge < -0.3 is 5.32 Å². The molecule has 1 aliphatic rings. The summed E-state index contributed by atoms with van der Waals surface area (Å²) in [6, 6.07) is 8.60. The summed E-state index contributed by atoms with van der Waals surface area (Å²) >= 11 is 0. The van der Waals surface area contributed by atoms with Crippen LogP contribution in [0.15, 0.2) is 36.7 Å². The number of nitrogens with one attached hydrogen (secondary N) is 1. The summed E-state index contributed by atoms with van der Waals surface area (Å²) in [6.07, 6.45) is 4.67. The molecule has 6 heteroatoms. The molecule has 1 aromatic carbocycles. The van der Waals surface area contributed by atoms with Gasteiger partial charge in [0.1, 0.15) is 0 Å². The molecule has 1 N–H and O–H groups in total. The molecule has 140 valence electrons. The Morgan fingerprint density at radius 2 is 2.00 bits per heavy atom. The first kappa shape index (κ1) is 18.6. The highest BCUT2D eigenvalue weighted by atomic mass is 16.1. The van der Waals surface area contributed by atoms with Gasteiger partial charge in [0.25, 0.3) is 5.91 Å². The molecule has 0 radical (unpaired) electrons. The minimum Gasteiger partial charge on any atom is -0.319 e. The second kappa shape index (κ2) is 8.47. The molecule has 1 saturated heterocycles. The van der Waals surface area contributed by atoms with E-state index >= 15 is 0 Å². The highest BCUT2D eigenvalue weighted by molar-refractivity contribution is 6.04. The quantitative estimate of drug-likeness (QED) is 0.829. The summed E-state index contributed by atoms with van der Waals surface area (Å²) in [4.78, 5) is 17.4. The van der Waals surface area contributed by atoms with Crippen LogP contribution in [0.3, 0.4) is 0 Å². The second-order valence-corrected chi connectivity index (χ2v) is 6.95. The van der Waals surface area contributed by atoms with Crippen molar-refractivity contribution in [2.45, 2.75) is 32.9 Å². The molecule has 0 saturated carbocycles. The summed E-state index contributed by atoms with van der Waals surface area (Å²) in [6.45, 7) is 9.94. The van der Waals surface area contributed by atoms with Gasteiger partial charge in [0.05, 0.1) is 11.9 Å². The zero-order chi connectivity index (χ0) is 18.5. The van der Waals surface area contributed by atoms with Crippen molar-refractivity contribution in [1.82, 2.24) is 19.6 Å².